The van der Waals surface area contributed by atoms with Gasteiger partial charge in [0.05, 0.1) is 15.8 Å². The summed E-state index contributed by atoms with van der Waals surface area (Å²) in [5.41, 5.74) is -0.642. The second kappa shape index (κ2) is 2.69. The number of halogens is 3. The topological polar surface area (TPSA) is 0 Å². The first-order valence-corrected chi connectivity index (χ1v) is 3.39. The molecule has 0 N–H and O–H groups in total. The third-order valence-corrected chi connectivity index (χ3v) is 1.67. The van der Waals surface area contributed by atoms with Gasteiger partial charge < -0.3 is 0 Å². The van der Waals surface area contributed by atoms with Gasteiger partial charge in [0.25, 0.3) is 0 Å². The SMILES string of the molecule is FC(F)(F)c1ccccc1[Si]. The van der Waals surface area contributed by atoms with E-state index in [1.807, 2.05) is 0 Å². The summed E-state index contributed by atoms with van der Waals surface area (Å²) in [5, 5.41) is 0.0694. The Morgan fingerprint density at radius 3 is 2.00 bits per heavy atom. The minimum absolute atomic E-state index is 0.0694. The average Bonchev–Trinajstić information content (AvgIpc) is 1.86. The molecule has 0 unspecified atom stereocenters. The monoisotopic (exact) mass is 173 g/mol. The summed E-state index contributed by atoms with van der Waals surface area (Å²) in [5.74, 6) is 0. The van der Waals surface area contributed by atoms with Gasteiger partial charge in [-0.1, -0.05) is 29.5 Å². The summed E-state index contributed by atoms with van der Waals surface area (Å²) in [7, 11) is 2.86. The van der Waals surface area contributed by atoms with Crippen molar-refractivity contribution >= 4 is 15.4 Å². The van der Waals surface area contributed by atoms with Crippen LogP contribution in [-0.4, -0.2) is 10.2 Å². The molecule has 4 heteroatoms. The molecule has 0 saturated heterocycles. The van der Waals surface area contributed by atoms with Gasteiger partial charge in [0, 0.05) is 0 Å². The Balaban J connectivity index is 3.14. The van der Waals surface area contributed by atoms with Crippen LogP contribution in [0, 0.1) is 0 Å². The van der Waals surface area contributed by atoms with Crippen LogP contribution in [-0.2, 0) is 6.18 Å². The van der Waals surface area contributed by atoms with E-state index in [9.17, 15) is 13.2 Å². The fraction of sp³-hybridized carbons (Fsp3) is 0.143. The normalized spacial score (nSPS) is 11.6. The van der Waals surface area contributed by atoms with Crippen LogP contribution in [0.5, 0.6) is 0 Å². The second-order valence-electron chi connectivity index (χ2n) is 2.04. The second-order valence-corrected chi connectivity index (χ2v) is 2.58. The molecule has 0 bridgehead atoms. The van der Waals surface area contributed by atoms with E-state index in [4.69, 9.17) is 0 Å². The lowest BCUT2D eigenvalue weighted by Gasteiger charge is -2.08. The zero-order chi connectivity index (χ0) is 8.48. The van der Waals surface area contributed by atoms with Gasteiger partial charge in [-0.3, -0.25) is 0 Å². The largest absolute Gasteiger partial charge is 0.416 e. The Bertz CT molecular complexity index is 254. The molecule has 0 aliphatic carbocycles. The van der Waals surface area contributed by atoms with Gasteiger partial charge in [0.1, 0.15) is 0 Å². The number of rotatable bonds is 0. The predicted molar refractivity (Wildman–Crippen MR) is 36.8 cm³/mol. The van der Waals surface area contributed by atoms with E-state index >= 15 is 0 Å². The van der Waals surface area contributed by atoms with Crippen LogP contribution in [0.2, 0.25) is 0 Å². The minimum Gasteiger partial charge on any atom is -0.166 e. The van der Waals surface area contributed by atoms with E-state index in [2.05, 4.69) is 10.2 Å². The van der Waals surface area contributed by atoms with E-state index in [1.165, 1.54) is 18.2 Å². The molecule has 11 heavy (non-hydrogen) atoms. The first kappa shape index (κ1) is 8.32. The van der Waals surface area contributed by atoms with Crippen molar-refractivity contribution in [3.8, 4) is 0 Å². The highest BCUT2D eigenvalue weighted by atomic mass is 28.1. The molecule has 1 aromatic rings. The molecule has 3 radical (unpaired) electrons. The van der Waals surface area contributed by atoms with Crippen LogP contribution < -0.4 is 5.19 Å². The molecule has 0 aromatic heterocycles. The molecule has 0 amide bonds. The van der Waals surface area contributed by atoms with Crippen LogP contribution in [0.1, 0.15) is 5.56 Å². The zero-order valence-electron chi connectivity index (χ0n) is 5.44. The Hall–Kier alpha value is -0.773. The van der Waals surface area contributed by atoms with Crippen molar-refractivity contribution in [3.63, 3.8) is 0 Å². The van der Waals surface area contributed by atoms with Crippen molar-refractivity contribution < 1.29 is 13.2 Å². The maximum absolute atomic E-state index is 12.0. The lowest BCUT2D eigenvalue weighted by Crippen LogP contribution is -2.18. The van der Waals surface area contributed by atoms with Gasteiger partial charge >= 0.3 is 6.18 Å². The Morgan fingerprint density at radius 1 is 1.09 bits per heavy atom. The van der Waals surface area contributed by atoms with Crippen molar-refractivity contribution in [2.75, 3.05) is 0 Å². The summed E-state index contributed by atoms with van der Waals surface area (Å²) >= 11 is 0. The molecular weight excluding hydrogens is 169 g/mol. The molecule has 0 saturated carbocycles. The smallest absolute Gasteiger partial charge is 0.166 e. The highest BCUT2D eigenvalue weighted by Crippen LogP contribution is 2.26. The minimum atomic E-state index is -4.27. The van der Waals surface area contributed by atoms with E-state index in [0.717, 1.165) is 6.07 Å². The standard InChI is InChI=1S/C7H4F3Si/c8-7(9,10)5-3-1-2-4-6(5)11/h1-4H. The summed E-state index contributed by atoms with van der Waals surface area (Å²) in [6.07, 6.45) is -4.27. The Labute approximate surface area is 65.5 Å². The molecule has 0 aliphatic rings. The predicted octanol–water partition coefficient (Wildman–Crippen LogP) is 1.50. The van der Waals surface area contributed by atoms with Crippen LogP contribution >= 0.6 is 0 Å². The van der Waals surface area contributed by atoms with Crippen LogP contribution in [0.15, 0.2) is 24.3 Å². The summed E-state index contributed by atoms with van der Waals surface area (Å²) < 4.78 is 36.1. The van der Waals surface area contributed by atoms with E-state index in [-0.39, 0.29) is 5.19 Å². The van der Waals surface area contributed by atoms with Crippen molar-refractivity contribution in [2.24, 2.45) is 0 Å². The average molecular weight is 173 g/mol. The lowest BCUT2D eigenvalue weighted by molar-refractivity contribution is -0.136. The molecule has 0 nitrogen and oxygen atoms in total. The van der Waals surface area contributed by atoms with Gasteiger partial charge in [-0.2, -0.15) is 13.2 Å². The highest BCUT2D eigenvalue weighted by molar-refractivity contribution is 6.33. The number of alkyl halides is 3. The van der Waals surface area contributed by atoms with E-state index in [0.29, 0.717) is 0 Å². The maximum atomic E-state index is 12.0. The molecule has 0 fully saturated rings. The van der Waals surface area contributed by atoms with Crippen molar-refractivity contribution in [1.82, 2.24) is 0 Å². The first-order chi connectivity index (χ1) is 5.02. The molecular formula is C7H4F3Si. The Kier molecular flexibility index (Phi) is 2.04. The maximum Gasteiger partial charge on any atom is 0.416 e. The lowest BCUT2D eigenvalue weighted by atomic mass is 10.2. The van der Waals surface area contributed by atoms with Gasteiger partial charge in [-0.15, -0.1) is 0 Å². The first-order valence-electron chi connectivity index (χ1n) is 2.89. The van der Waals surface area contributed by atoms with Gasteiger partial charge in [0.15, 0.2) is 0 Å². The summed E-state index contributed by atoms with van der Waals surface area (Å²) in [6, 6.07) is 5.28. The fourth-order valence-electron chi connectivity index (χ4n) is 0.730. The third-order valence-electron chi connectivity index (χ3n) is 1.23. The highest BCUT2D eigenvalue weighted by Gasteiger charge is 2.31. The summed E-state index contributed by atoms with van der Waals surface area (Å²) in [4.78, 5) is 0. The van der Waals surface area contributed by atoms with E-state index in [1.54, 1.807) is 0 Å². The zero-order valence-corrected chi connectivity index (χ0v) is 6.44. The fourth-order valence-corrected chi connectivity index (χ4v) is 1.05. The van der Waals surface area contributed by atoms with Gasteiger partial charge in [0.2, 0.25) is 0 Å². The van der Waals surface area contributed by atoms with Crippen molar-refractivity contribution in [3.05, 3.63) is 29.8 Å². The third kappa shape index (κ3) is 1.83. The van der Waals surface area contributed by atoms with Crippen molar-refractivity contribution in [2.45, 2.75) is 6.18 Å². The molecule has 57 valence electrons. The summed E-state index contributed by atoms with van der Waals surface area (Å²) in [6.45, 7) is 0. The number of hydrogen-bond donors (Lipinski definition) is 0. The van der Waals surface area contributed by atoms with E-state index < -0.39 is 11.7 Å². The molecule has 0 spiro atoms. The van der Waals surface area contributed by atoms with Crippen LogP contribution in [0.4, 0.5) is 13.2 Å². The molecule has 1 aromatic carbocycles. The van der Waals surface area contributed by atoms with Crippen molar-refractivity contribution in [1.29, 1.82) is 0 Å². The molecule has 0 atom stereocenters. The number of hydrogen-bond acceptors (Lipinski definition) is 0. The van der Waals surface area contributed by atoms with Gasteiger partial charge in [-0.25, -0.2) is 0 Å². The molecule has 1 rings (SSSR count). The molecule has 0 aliphatic heterocycles. The van der Waals surface area contributed by atoms with Gasteiger partial charge in [-0.05, 0) is 0 Å². The molecule has 0 heterocycles. The Morgan fingerprint density at radius 2 is 1.64 bits per heavy atom. The van der Waals surface area contributed by atoms with Crippen LogP contribution in [0.3, 0.4) is 0 Å². The number of benzene rings is 1. The quantitative estimate of drug-likeness (QED) is 0.521. The van der Waals surface area contributed by atoms with Crippen LogP contribution in [0.25, 0.3) is 0 Å².